The highest BCUT2D eigenvalue weighted by atomic mass is 15.1. The van der Waals surface area contributed by atoms with E-state index in [1.165, 1.54) is 100 Å². The Hall–Kier alpha value is -7.22. The number of hydrogen-bond acceptors (Lipinski definition) is 1. The largest absolute Gasteiger partial charge is 0.310 e. The predicted molar refractivity (Wildman–Crippen MR) is 253 cm³/mol. The van der Waals surface area contributed by atoms with Crippen LogP contribution in [0, 0.1) is 0 Å². The third kappa shape index (κ3) is 4.67. The molecule has 0 unspecified atom stereocenters. The van der Waals surface area contributed by atoms with Gasteiger partial charge in [0.1, 0.15) is 0 Å². The molecule has 0 bridgehead atoms. The average Bonchev–Trinajstić information content (AvgIpc) is 3.87. The van der Waals surface area contributed by atoms with E-state index in [1.807, 2.05) is 0 Å². The Bertz CT molecular complexity index is 3260. The first-order chi connectivity index (χ1) is 30.0. The molecule has 1 nitrogen and oxygen atoms in total. The zero-order valence-corrected chi connectivity index (χ0v) is 34.4. The number of para-hydroxylation sites is 1. The summed E-state index contributed by atoms with van der Waals surface area (Å²) in [7, 11) is 0. The van der Waals surface area contributed by atoms with Crippen LogP contribution in [0.4, 0.5) is 17.1 Å². The molecule has 0 saturated heterocycles. The van der Waals surface area contributed by atoms with Gasteiger partial charge >= 0.3 is 0 Å². The number of rotatable bonds is 4. The molecular formula is C60H43N. The van der Waals surface area contributed by atoms with Gasteiger partial charge in [0.25, 0.3) is 0 Å². The van der Waals surface area contributed by atoms with E-state index in [-0.39, 0.29) is 10.8 Å². The fourth-order valence-corrected chi connectivity index (χ4v) is 11.9. The van der Waals surface area contributed by atoms with Crippen LogP contribution in [0.2, 0.25) is 0 Å². The van der Waals surface area contributed by atoms with Crippen LogP contribution in [0.15, 0.2) is 200 Å². The Morgan fingerprint density at radius 1 is 0.328 bits per heavy atom. The molecule has 0 aliphatic heterocycles. The fourth-order valence-electron chi connectivity index (χ4n) is 11.9. The minimum absolute atomic E-state index is 0.133. The molecule has 9 aromatic rings. The van der Waals surface area contributed by atoms with Crippen LogP contribution in [-0.2, 0) is 23.7 Å². The van der Waals surface area contributed by atoms with Gasteiger partial charge in [-0.25, -0.2) is 0 Å². The third-order valence-electron chi connectivity index (χ3n) is 14.6. The maximum absolute atomic E-state index is 2.53. The van der Waals surface area contributed by atoms with Crippen LogP contribution in [-0.4, -0.2) is 0 Å². The van der Waals surface area contributed by atoms with E-state index >= 15 is 0 Å². The molecule has 61 heavy (non-hydrogen) atoms. The molecule has 1 heteroatoms. The van der Waals surface area contributed by atoms with Crippen LogP contribution < -0.4 is 4.90 Å². The Kier molecular flexibility index (Phi) is 7.18. The molecule has 288 valence electrons. The van der Waals surface area contributed by atoms with Gasteiger partial charge < -0.3 is 4.90 Å². The van der Waals surface area contributed by atoms with E-state index in [1.54, 1.807) is 0 Å². The lowest BCUT2D eigenvalue weighted by atomic mass is 9.70. The van der Waals surface area contributed by atoms with Crippen LogP contribution >= 0.6 is 0 Å². The maximum atomic E-state index is 2.53. The Morgan fingerprint density at radius 2 is 0.803 bits per heavy atom. The summed E-state index contributed by atoms with van der Waals surface area (Å²) in [6, 6.07) is 75.9. The Morgan fingerprint density at radius 3 is 1.49 bits per heavy atom. The molecule has 1 spiro atoms. The molecule has 0 atom stereocenters. The van der Waals surface area contributed by atoms with Gasteiger partial charge in [0, 0.05) is 22.4 Å². The van der Waals surface area contributed by atoms with Gasteiger partial charge in [0.05, 0.1) is 11.1 Å². The molecule has 0 radical (unpaired) electrons. The molecule has 4 aliphatic rings. The number of nitrogens with zero attached hydrogens (tertiary/aromatic N) is 1. The molecule has 0 saturated carbocycles. The lowest BCUT2D eigenvalue weighted by Crippen LogP contribution is -2.25. The standard InChI is InChI=1S/C60H43N/c1-59(2)52-22-10-5-18-45(52)49-33-31-42(37-57(49)59)61(58-26-14-9-17-44(58)40-30-29-39-28-27-38-15-3-4-16-43(38)50(39)35-40)41-32-34-56-51(36-41)48-21-8-13-25-55(48)60(56)53-23-11-6-19-46(53)47-20-7-12-24-54(47)60/h3-26,29-37H,27-28H2,1-2H3. The number of fused-ring (bicyclic) bond motifs is 16. The van der Waals surface area contributed by atoms with E-state index in [4.69, 9.17) is 0 Å². The SMILES string of the molecule is CC1(C)c2ccccc2-c2ccc(N(c3ccc4c(c3)-c3ccccc3C43c4ccccc4-c4ccccc43)c3ccccc3-c3ccc4c(c3)-c3ccccc3CC4)cc21. The highest BCUT2D eigenvalue weighted by Gasteiger charge is 2.51. The van der Waals surface area contributed by atoms with Gasteiger partial charge in [0.2, 0.25) is 0 Å². The van der Waals surface area contributed by atoms with Gasteiger partial charge in [0.15, 0.2) is 0 Å². The zero-order valence-electron chi connectivity index (χ0n) is 34.4. The van der Waals surface area contributed by atoms with Crippen molar-refractivity contribution in [3.63, 3.8) is 0 Å². The minimum Gasteiger partial charge on any atom is -0.310 e. The van der Waals surface area contributed by atoms with Crippen LogP contribution in [0.3, 0.4) is 0 Å². The monoisotopic (exact) mass is 777 g/mol. The molecule has 0 N–H and O–H groups in total. The van der Waals surface area contributed by atoms with Crippen molar-refractivity contribution in [2.45, 2.75) is 37.5 Å². The fraction of sp³-hybridized carbons (Fsp3) is 0.100. The van der Waals surface area contributed by atoms with E-state index in [0.717, 1.165) is 29.9 Å². The summed E-state index contributed by atoms with van der Waals surface area (Å²) in [4.78, 5) is 2.53. The number of anilines is 3. The number of hydrogen-bond donors (Lipinski definition) is 0. The smallest absolute Gasteiger partial charge is 0.0725 e. The zero-order chi connectivity index (χ0) is 40.5. The Balaban J connectivity index is 1.05. The first-order valence-electron chi connectivity index (χ1n) is 21.8. The van der Waals surface area contributed by atoms with Gasteiger partial charge in [-0.2, -0.15) is 0 Å². The molecule has 0 amide bonds. The van der Waals surface area contributed by atoms with Gasteiger partial charge in [-0.05, 0) is 144 Å². The van der Waals surface area contributed by atoms with E-state index in [0.29, 0.717) is 0 Å². The summed E-state index contributed by atoms with van der Waals surface area (Å²) in [6.07, 6.45) is 2.16. The van der Waals surface area contributed by atoms with Gasteiger partial charge in [-0.15, -0.1) is 0 Å². The lowest BCUT2D eigenvalue weighted by Gasteiger charge is -2.32. The summed E-state index contributed by atoms with van der Waals surface area (Å²) < 4.78 is 0. The number of benzene rings is 9. The normalized spacial score (nSPS) is 14.9. The average molecular weight is 778 g/mol. The molecule has 0 aromatic heterocycles. The quantitative estimate of drug-likeness (QED) is 0.172. The summed E-state index contributed by atoms with van der Waals surface area (Å²) in [5.41, 5.74) is 27.1. The lowest BCUT2D eigenvalue weighted by molar-refractivity contribution is 0.660. The molecule has 0 heterocycles. The van der Waals surface area contributed by atoms with Crippen molar-refractivity contribution in [1.29, 1.82) is 0 Å². The molecule has 0 fully saturated rings. The summed E-state index contributed by atoms with van der Waals surface area (Å²) in [5.74, 6) is 0. The third-order valence-corrected chi connectivity index (χ3v) is 14.6. The van der Waals surface area contributed by atoms with Crippen molar-refractivity contribution < 1.29 is 0 Å². The van der Waals surface area contributed by atoms with E-state index in [2.05, 4.69) is 219 Å². The molecule has 9 aromatic carbocycles. The molecular weight excluding hydrogens is 735 g/mol. The first-order valence-corrected chi connectivity index (χ1v) is 21.8. The highest BCUT2D eigenvalue weighted by molar-refractivity contribution is 5.98. The van der Waals surface area contributed by atoms with Gasteiger partial charge in [-0.3, -0.25) is 0 Å². The summed E-state index contributed by atoms with van der Waals surface area (Å²) in [5, 5.41) is 0. The maximum Gasteiger partial charge on any atom is 0.0725 e. The number of aryl methyl sites for hydroxylation is 2. The molecule has 4 aliphatic carbocycles. The van der Waals surface area contributed by atoms with Gasteiger partial charge in [-0.1, -0.05) is 178 Å². The second-order valence-electron chi connectivity index (χ2n) is 17.9. The van der Waals surface area contributed by atoms with Crippen molar-refractivity contribution in [2.24, 2.45) is 0 Å². The van der Waals surface area contributed by atoms with E-state index in [9.17, 15) is 0 Å². The van der Waals surface area contributed by atoms with Crippen molar-refractivity contribution in [1.82, 2.24) is 0 Å². The van der Waals surface area contributed by atoms with E-state index < -0.39 is 0 Å². The second kappa shape index (κ2) is 12.6. The van der Waals surface area contributed by atoms with Crippen LogP contribution in [0.1, 0.15) is 58.4 Å². The van der Waals surface area contributed by atoms with Crippen molar-refractivity contribution in [2.75, 3.05) is 4.90 Å². The Labute approximate surface area is 358 Å². The van der Waals surface area contributed by atoms with Crippen LogP contribution in [0.25, 0.3) is 55.6 Å². The first kappa shape index (κ1) is 34.6. The van der Waals surface area contributed by atoms with Crippen molar-refractivity contribution in [3.05, 3.63) is 245 Å². The van der Waals surface area contributed by atoms with Crippen LogP contribution in [0.5, 0.6) is 0 Å². The van der Waals surface area contributed by atoms with Crippen molar-refractivity contribution >= 4 is 17.1 Å². The molecule has 13 rings (SSSR count). The predicted octanol–water partition coefficient (Wildman–Crippen LogP) is 15.2. The second-order valence-corrected chi connectivity index (χ2v) is 17.9. The summed E-state index contributed by atoms with van der Waals surface area (Å²) in [6.45, 7) is 4.77. The topological polar surface area (TPSA) is 3.24 Å². The van der Waals surface area contributed by atoms with Crippen molar-refractivity contribution in [3.8, 4) is 55.6 Å². The highest BCUT2D eigenvalue weighted by Crippen LogP contribution is 2.63. The summed E-state index contributed by atoms with van der Waals surface area (Å²) >= 11 is 0. The minimum atomic E-state index is -0.386.